The van der Waals surface area contributed by atoms with Gasteiger partial charge < -0.3 is 55.6 Å². The van der Waals surface area contributed by atoms with Gasteiger partial charge in [0.15, 0.2) is 0 Å². The lowest BCUT2D eigenvalue weighted by atomic mass is 9.97. The predicted octanol–water partition coefficient (Wildman–Crippen LogP) is 4.75. The van der Waals surface area contributed by atoms with Crippen LogP contribution in [0.25, 0.3) is 0 Å². The van der Waals surface area contributed by atoms with Crippen LogP contribution in [0.5, 0.6) is 0 Å². The van der Waals surface area contributed by atoms with Crippen LogP contribution >= 0.6 is 23.2 Å². The first-order valence-corrected chi connectivity index (χ1v) is 31.6. The Morgan fingerprint density at radius 1 is 0.516 bits per heavy atom. The van der Waals surface area contributed by atoms with Gasteiger partial charge in [-0.2, -0.15) is 0 Å². The maximum absolute atomic E-state index is 15.3. The molecule has 22 nitrogen and oxygen atoms in total. The first kappa shape index (κ1) is 75.8. The molecule has 25 heteroatoms. The third-order valence-corrected chi connectivity index (χ3v) is 17.1. The van der Waals surface area contributed by atoms with Crippen molar-refractivity contribution in [2.24, 2.45) is 17.8 Å². The van der Waals surface area contributed by atoms with E-state index in [4.69, 9.17) is 23.2 Å². The fraction of sp³-hybridized carbons (Fsp3) is 0.561. The van der Waals surface area contributed by atoms with Crippen molar-refractivity contribution in [3.8, 4) is 0 Å². The Hall–Kier alpha value is -7.66. The van der Waals surface area contributed by atoms with Gasteiger partial charge in [0.05, 0.1) is 19.6 Å². The fourth-order valence-electron chi connectivity index (χ4n) is 10.6. The Morgan fingerprint density at radius 2 is 1.07 bits per heavy atom. The maximum Gasteiger partial charge on any atom is 0.246 e. The topological polar surface area (TPSA) is 259 Å². The van der Waals surface area contributed by atoms with Crippen LogP contribution in [0, 0.1) is 23.6 Å². The van der Waals surface area contributed by atoms with E-state index in [0.29, 0.717) is 22.6 Å². The zero-order valence-electron chi connectivity index (χ0n) is 55.3. The summed E-state index contributed by atoms with van der Waals surface area (Å²) in [7, 11) is 9.72. The summed E-state index contributed by atoms with van der Waals surface area (Å²) in [5.41, 5.74) is 1.37. The molecule has 0 saturated carbocycles. The largest absolute Gasteiger partial charge is 0.351 e. The molecule has 500 valence electrons. The Bertz CT molecular complexity index is 3050. The van der Waals surface area contributed by atoms with Crippen molar-refractivity contribution in [1.29, 1.82) is 0 Å². The van der Waals surface area contributed by atoms with E-state index < -0.39 is 145 Å². The highest BCUT2D eigenvalue weighted by Gasteiger charge is 2.40. The molecule has 0 spiro atoms. The van der Waals surface area contributed by atoms with Crippen molar-refractivity contribution in [3.05, 3.63) is 105 Å². The summed E-state index contributed by atoms with van der Waals surface area (Å²) in [6.45, 7) is 12.3. The van der Waals surface area contributed by atoms with E-state index in [0.717, 1.165) is 25.7 Å². The van der Waals surface area contributed by atoms with Crippen LogP contribution in [0.2, 0.25) is 10.0 Å². The van der Waals surface area contributed by atoms with E-state index in [-0.39, 0.29) is 67.4 Å². The lowest BCUT2D eigenvalue weighted by Crippen LogP contribution is -2.60. The van der Waals surface area contributed by atoms with Gasteiger partial charge in [-0.3, -0.25) is 52.7 Å². The van der Waals surface area contributed by atoms with Gasteiger partial charge in [0.2, 0.25) is 65.0 Å². The number of carbonyl (C=O) groups is 11. The van der Waals surface area contributed by atoms with Gasteiger partial charge in [-0.25, -0.2) is 4.39 Å². The molecule has 0 aliphatic carbocycles. The van der Waals surface area contributed by atoms with Gasteiger partial charge in [-0.05, 0) is 104 Å². The van der Waals surface area contributed by atoms with E-state index >= 15 is 14.0 Å². The number of nitrogens with one attached hydrogen (secondary N) is 4. The molecular formula is C66H94Cl2FN11O11. The standard InChI is InChI=1S/C66H94Cl2FN11O11/c1-16-41(6)59-66(91)76(11)37-57(83)74(9)38-58(84)78(13)53(34-45-22-25-47(67)26-23-45)64(89)75(10)36-55(81)71-50(29-24-46-35-48(68)27-28-49(46)69)61(86)72-51(30-39(2)3)63(88)80(15)54(33-44-20-18-17-19-21-44)65(90)79(14)52(31-40(4)5)62(87)70-42(7)32-56(82)77(12)43(8)60(85)73-59/h17-23,25-28,35,39-43,50-54,59H,16,24,29-34,36-38H2,1-15H3,(H,70,87)(H,71,81)(H,72,86)(H,73,85)/t41-,42-,43-,50-,51-,52-,53-,54-,59-/m0/s1. The molecule has 0 unspecified atom stereocenters. The van der Waals surface area contributed by atoms with Crippen LogP contribution < -0.4 is 21.3 Å². The smallest absolute Gasteiger partial charge is 0.246 e. The molecule has 0 aromatic heterocycles. The Balaban J connectivity index is 1.85. The van der Waals surface area contributed by atoms with Crippen LogP contribution in [0.15, 0.2) is 72.8 Å². The summed E-state index contributed by atoms with van der Waals surface area (Å²) >= 11 is 12.5. The lowest BCUT2D eigenvalue weighted by Gasteiger charge is -2.37. The number of hydrogen-bond donors (Lipinski definition) is 4. The van der Waals surface area contributed by atoms with Gasteiger partial charge >= 0.3 is 0 Å². The number of halogens is 3. The van der Waals surface area contributed by atoms with Crippen molar-refractivity contribution >= 4 is 88.2 Å². The molecular weight excluding hydrogens is 1210 g/mol. The van der Waals surface area contributed by atoms with Crippen molar-refractivity contribution in [2.45, 2.75) is 155 Å². The fourth-order valence-corrected chi connectivity index (χ4v) is 10.9. The van der Waals surface area contributed by atoms with Gasteiger partial charge in [-0.15, -0.1) is 0 Å². The molecule has 0 bridgehead atoms. The van der Waals surface area contributed by atoms with E-state index in [1.807, 2.05) is 34.6 Å². The minimum Gasteiger partial charge on any atom is -0.351 e. The number of benzene rings is 3. The third-order valence-electron chi connectivity index (χ3n) is 16.7. The molecule has 91 heavy (non-hydrogen) atoms. The van der Waals surface area contributed by atoms with Gasteiger partial charge in [0, 0.05) is 84.7 Å². The van der Waals surface area contributed by atoms with Crippen molar-refractivity contribution in [2.75, 3.05) is 69.0 Å². The molecule has 1 aliphatic rings. The third kappa shape index (κ3) is 22.3. The maximum atomic E-state index is 15.3. The number of nitrogens with zero attached hydrogens (tertiary/aromatic N) is 7. The molecule has 1 heterocycles. The monoisotopic (exact) mass is 1310 g/mol. The average Bonchev–Trinajstić information content (AvgIpc) is 0.959. The second-order valence-corrected chi connectivity index (χ2v) is 25.9. The lowest BCUT2D eigenvalue weighted by molar-refractivity contribution is -0.149. The first-order valence-electron chi connectivity index (χ1n) is 30.9. The molecule has 4 rings (SSSR count). The highest BCUT2D eigenvalue weighted by Crippen LogP contribution is 2.23. The SMILES string of the molecule is CC[C@H](C)[C@@H]1NC(=O)[C@H](C)N(C)C(=O)C[C@H](C)NC(=O)[C@H](CC(C)C)N(C)C(=O)[C@H](Cc2ccccc2)N(C)C(=O)[C@H](CC(C)C)NC(=O)[C@H](CCc2cc(Cl)ccc2F)NC(=O)CN(C)C(=O)[C@H](Cc2ccc(Cl)cc2)N(C)C(=O)CN(C)C(=O)CN(C)C1=O. The minimum absolute atomic E-state index is 0.0199. The number of amides is 11. The molecule has 3 aromatic rings. The van der Waals surface area contributed by atoms with Gasteiger partial charge in [0.25, 0.3) is 0 Å². The van der Waals surface area contributed by atoms with Gasteiger partial charge in [0.1, 0.15) is 48.1 Å². The summed E-state index contributed by atoms with van der Waals surface area (Å²) in [4.78, 5) is 167. The minimum atomic E-state index is -1.47. The van der Waals surface area contributed by atoms with Crippen LogP contribution in [-0.4, -0.2) is 217 Å². The van der Waals surface area contributed by atoms with Crippen molar-refractivity contribution in [1.82, 2.24) is 55.6 Å². The van der Waals surface area contributed by atoms with E-state index in [9.17, 15) is 43.2 Å². The summed E-state index contributed by atoms with van der Waals surface area (Å²) in [5, 5.41) is 11.8. The molecule has 1 fully saturated rings. The van der Waals surface area contributed by atoms with Crippen LogP contribution in [0.1, 0.15) is 104 Å². The summed E-state index contributed by atoms with van der Waals surface area (Å²) in [6.07, 6.45) is -0.0864. The molecule has 9 atom stereocenters. The number of aryl methyl sites for hydroxylation is 1. The Kier molecular flexibility index (Phi) is 29.3. The number of rotatable bonds is 13. The zero-order chi connectivity index (χ0) is 68.3. The zero-order valence-corrected chi connectivity index (χ0v) is 56.8. The van der Waals surface area contributed by atoms with Crippen LogP contribution in [0.3, 0.4) is 0 Å². The van der Waals surface area contributed by atoms with Crippen molar-refractivity contribution in [3.63, 3.8) is 0 Å². The molecule has 1 aliphatic heterocycles. The second kappa shape index (κ2) is 35.2. The normalized spacial score (nSPS) is 23.6. The summed E-state index contributed by atoms with van der Waals surface area (Å²) in [6, 6.07) is 9.80. The summed E-state index contributed by atoms with van der Waals surface area (Å²) in [5.74, 6) is -8.93. The van der Waals surface area contributed by atoms with E-state index in [1.165, 1.54) is 83.1 Å². The second-order valence-electron chi connectivity index (χ2n) is 25.0. The molecule has 4 N–H and O–H groups in total. The first-order chi connectivity index (χ1) is 42.6. The van der Waals surface area contributed by atoms with E-state index in [1.54, 1.807) is 68.4 Å². The van der Waals surface area contributed by atoms with Gasteiger partial charge in [-0.1, -0.05) is 114 Å². The predicted molar refractivity (Wildman–Crippen MR) is 346 cm³/mol. The Labute approximate surface area is 545 Å². The highest BCUT2D eigenvalue weighted by atomic mass is 35.5. The summed E-state index contributed by atoms with van der Waals surface area (Å²) < 4.78 is 15.3. The quantitative estimate of drug-likeness (QED) is 0.182. The van der Waals surface area contributed by atoms with Crippen molar-refractivity contribution < 1.29 is 57.1 Å². The molecule has 1 saturated heterocycles. The number of likely N-dealkylation sites (N-methyl/N-ethyl adjacent to an activating group) is 7. The highest BCUT2D eigenvalue weighted by molar-refractivity contribution is 6.30. The molecule has 0 radical (unpaired) electrons. The Morgan fingerprint density at radius 3 is 1.66 bits per heavy atom. The van der Waals surface area contributed by atoms with Crippen LogP contribution in [0.4, 0.5) is 4.39 Å². The molecule has 11 amide bonds. The average molecular weight is 1310 g/mol. The molecule has 3 aromatic carbocycles. The van der Waals surface area contributed by atoms with Crippen LogP contribution in [-0.2, 0) is 72.0 Å². The number of carbonyl (C=O) groups excluding carboxylic acids is 11. The van der Waals surface area contributed by atoms with E-state index in [2.05, 4.69) is 21.3 Å². The number of hydrogen-bond acceptors (Lipinski definition) is 11.